The molecule has 0 unspecified atom stereocenters. The lowest BCUT2D eigenvalue weighted by atomic mass is 10.1. The molecule has 0 saturated carbocycles. The minimum absolute atomic E-state index is 0.222. The van der Waals surface area contributed by atoms with Gasteiger partial charge in [-0.25, -0.2) is 4.98 Å². The molecule has 2 N–H and O–H groups in total. The highest BCUT2D eigenvalue weighted by molar-refractivity contribution is 5.93. The summed E-state index contributed by atoms with van der Waals surface area (Å²) in [6.45, 7) is 6.12. The molecule has 1 amide bonds. The largest absolute Gasteiger partial charge is 0.343 e. The molecule has 152 valence electrons. The van der Waals surface area contributed by atoms with Crippen LogP contribution < -0.4 is 10.6 Å². The fourth-order valence-electron chi connectivity index (χ4n) is 3.17. The third-order valence-electron chi connectivity index (χ3n) is 4.55. The number of hydrogen-bond donors (Lipinski definition) is 2. The van der Waals surface area contributed by atoms with E-state index in [1.54, 1.807) is 44.4 Å². The molecule has 1 aromatic heterocycles. The Morgan fingerprint density at radius 2 is 1.60 bits per heavy atom. The Labute approximate surface area is 176 Å². The number of benzene rings is 2. The lowest BCUT2D eigenvalue weighted by Gasteiger charge is -2.16. The summed E-state index contributed by atoms with van der Waals surface area (Å²) in [7, 11) is 3.36. The first-order valence-corrected chi connectivity index (χ1v) is 9.49. The van der Waals surface area contributed by atoms with E-state index in [9.17, 15) is 4.79 Å². The van der Waals surface area contributed by atoms with Gasteiger partial charge in [-0.1, -0.05) is 17.7 Å². The van der Waals surface area contributed by atoms with Crippen molar-refractivity contribution in [2.75, 3.05) is 24.7 Å². The summed E-state index contributed by atoms with van der Waals surface area (Å²) in [6.07, 6.45) is 0. The van der Waals surface area contributed by atoms with Gasteiger partial charge in [0.25, 0.3) is 5.91 Å². The van der Waals surface area contributed by atoms with Gasteiger partial charge in [-0.2, -0.15) is 10.2 Å². The van der Waals surface area contributed by atoms with Crippen LogP contribution in [0.4, 0.5) is 23.1 Å². The molecule has 7 nitrogen and oxygen atoms in total. The Morgan fingerprint density at radius 3 is 2.17 bits per heavy atom. The Bertz CT molecular complexity index is 1110. The van der Waals surface area contributed by atoms with Crippen LogP contribution in [0.3, 0.4) is 0 Å². The van der Waals surface area contributed by atoms with Crippen molar-refractivity contribution in [3.63, 3.8) is 0 Å². The molecule has 0 aliphatic rings. The molecule has 3 rings (SSSR count). The smallest absolute Gasteiger partial charge is 0.272 e. The molecule has 2 aromatic carbocycles. The minimum atomic E-state index is -0.222. The summed E-state index contributed by atoms with van der Waals surface area (Å²) in [6, 6.07) is 14.9. The van der Waals surface area contributed by atoms with Gasteiger partial charge in [-0.05, 0) is 56.2 Å². The first-order chi connectivity index (χ1) is 14.3. The average molecular weight is 400 g/mol. The first-order valence-electron chi connectivity index (χ1n) is 9.49. The van der Waals surface area contributed by atoms with Crippen molar-refractivity contribution in [1.29, 1.82) is 5.26 Å². The van der Waals surface area contributed by atoms with Crippen molar-refractivity contribution in [2.24, 2.45) is 0 Å². The maximum absolute atomic E-state index is 12.6. The zero-order valence-electron chi connectivity index (χ0n) is 17.7. The van der Waals surface area contributed by atoms with Crippen LogP contribution in [0.1, 0.15) is 32.7 Å². The van der Waals surface area contributed by atoms with Gasteiger partial charge in [0.05, 0.1) is 11.6 Å². The molecule has 0 bridgehead atoms. The summed E-state index contributed by atoms with van der Waals surface area (Å²) in [4.78, 5) is 23.0. The number of nitrogens with one attached hydrogen (secondary N) is 2. The van der Waals surface area contributed by atoms with E-state index in [4.69, 9.17) is 5.26 Å². The number of carbonyl (C=O) groups excluding carboxylic acids is 1. The molecule has 7 heteroatoms. The maximum Gasteiger partial charge on any atom is 0.272 e. The Kier molecular flexibility index (Phi) is 5.98. The zero-order chi connectivity index (χ0) is 21.8. The third-order valence-corrected chi connectivity index (χ3v) is 4.55. The van der Waals surface area contributed by atoms with Gasteiger partial charge in [-0.3, -0.25) is 4.79 Å². The molecule has 1 heterocycles. The summed E-state index contributed by atoms with van der Waals surface area (Å²) < 4.78 is 0. The van der Waals surface area contributed by atoms with Crippen molar-refractivity contribution in [3.8, 4) is 6.07 Å². The summed E-state index contributed by atoms with van der Waals surface area (Å²) >= 11 is 0. The predicted molar refractivity (Wildman–Crippen MR) is 118 cm³/mol. The molecule has 0 spiro atoms. The van der Waals surface area contributed by atoms with Crippen molar-refractivity contribution in [2.45, 2.75) is 20.8 Å². The van der Waals surface area contributed by atoms with Gasteiger partial charge in [0, 0.05) is 31.5 Å². The lowest BCUT2D eigenvalue weighted by molar-refractivity contribution is 0.0822. The van der Waals surface area contributed by atoms with Crippen molar-refractivity contribution in [1.82, 2.24) is 14.9 Å². The van der Waals surface area contributed by atoms with E-state index in [-0.39, 0.29) is 17.5 Å². The number of hydrogen-bond acceptors (Lipinski definition) is 6. The van der Waals surface area contributed by atoms with Crippen LogP contribution >= 0.6 is 0 Å². The van der Waals surface area contributed by atoms with Crippen molar-refractivity contribution in [3.05, 3.63) is 70.4 Å². The van der Waals surface area contributed by atoms with Crippen molar-refractivity contribution < 1.29 is 4.79 Å². The van der Waals surface area contributed by atoms with Gasteiger partial charge >= 0.3 is 0 Å². The van der Waals surface area contributed by atoms with E-state index in [2.05, 4.69) is 45.7 Å². The molecular weight excluding hydrogens is 376 g/mol. The number of anilines is 4. The van der Waals surface area contributed by atoms with E-state index < -0.39 is 0 Å². The quantitative estimate of drug-likeness (QED) is 0.657. The fraction of sp³-hybridized carbons (Fsp3) is 0.217. The summed E-state index contributed by atoms with van der Waals surface area (Å²) in [5, 5.41) is 15.4. The maximum atomic E-state index is 12.6. The standard InChI is InChI=1S/C23H24N6O/c1-14-10-15(2)21(16(3)11-14)27-20-12-19(22(30)29(4)5)26-23(28-20)25-18-8-6-17(13-24)7-9-18/h6-12H,1-5H3,(H2,25,26,27,28). The van der Waals surface area contributed by atoms with Gasteiger partial charge in [0.1, 0.15) is 11.5 Å². The minimum Gasteiger partial charge on any atom is -0.343 e. The highest BCUT2D eigenvalue weighted by atomic mass is 16.2. The number of nitriles is 1. The average Bonchev–Trinajstić information content (AvgIpc) is 2.70. The van der Waals surface area contributed by atoms with E-state index in [1.807, 2.05) is 13.8 Å². The third kappa shape index (κ3) is 4.73. The van der Waals surface area contributed by atoms with Crippen LogP contribution in [0.5, 0.6) is 0 Å². The molecule has 0 fully saturated rings. The zero-order valence-corrected chi connectivity index (χ0v) is 17.7. The van der Waals surface area contributed by atoms with E-state index in [0.29, 0.717) is 11.4 Å². The molecule has 0 aliphatic heterocycles. The normalized spacial score (nSPS) is 10.3. The molecule has 0 radical (unpaired) electrons. The second-order valence-electron chi connectivity index (χ2n) is 7.37. The van der Waals surface area contributed by atoms with Gasteiger partial charge in [0.2, 0.25) is 5.95 Å². The van der Waals surface area contributed by atoms with E-state index >= 15 is 0 Å². The van der Waals surface area contributed by atoms with Crippen LogP contribution in [0.15, 0.2) is 42.5 Å². The highest BCUT2D eigenvalue weighted by Crippen LogP contribution is 2.26. The topological polar surface area (TPSA) is 93.9 Å². The van der Waals surface area contributed by atoms with Gasteiger partial charge in [-0.15, -0.1) is 0 Å². The van der Waals surface area contributed by atoms with Crippen LogP contribution in [-0.4, -0.2) is 34.9 Å². The number of rotatable bonds is 5. The first kappa shape index (κ1) is 20.8. The molecule has 3 aromatic rings. The molecule has 0 atom stereocenters. The fourth-order valence-corrected chi connectivity index (χ4v) is 3.17. The highest BCUT2D eigenvalue weighted by Gasteiger charge is 2.15. The monoisotopic (exact) mass is 400 g/mol. The molecule has 0 saturated heterocycles. The SMILES string of the molecule is Cc1cc(C)c(Nc2cc(C(=O)N(C)C)nc(Nc3ccc(C#N)cc3)n2)c(C)c1. The number of carbonyl (C=O) groups is 1. The van der Waals surface area contributed by atoms with Crippen LogP contribution in [0.2, 0.25) is 0 Å². The van der Waals surface area contributed by atoms with Crippen molar-refractivity contribution >= 4 is 29.0 Å². The second kappa shape index (κ2) is 8.62. The molecule has 30 heavy (non-hydrogen) atoms. The summed E-state index contributed by atoms with van der Waals surface area (Å²) in [5.74, 6) is 0.583. The second-order valence-corrected chi connectivity index (χ2v) is 7.37. The summed E-state index contributed by atoms with van der Waals surface area (Å²) in [5.41, 5.74) is 5.87. The van der Waals surface area contributed by atoms with Crippen LogP contribution in [0, 0.1) is 32.1 Å². The number of aromatic nitrogens is 2. The number of aryl methyl sites for hydroxylation is 3. The number of amides is 1. The Balaban J connectivity index is 2.00. The Hall–Kier alpha value is -3.92. The van der Waals surface area contributed by atoms with E-state index in [0.717, 1.165) is 22.5 Å². The van der Waals surface area contributed by atoms with E-state index in [1.165, 1.54) is 10.5 Å². The van der Waals surface area contributed by atoms with Gasteiger partial charge in [0.15, 0.2) is 0 Å². The van der Waals surface area contributed by atoms with Gasteiger partial charge < -0.3 is 15.5 Å². The predicted octanol–water partition coefficient (Wildman–Crippen LogP) is 4.46. The lowest BCUT2D eigenvalue weighted by Crippen LogP contribution is -2.23. The van der Waals surface area contributed by atoms with Crippen LogP contribution in [0.25, 0.3) is 0 Å². The molecule has 0 aliphatic carbocycles. The number of nitrogens with zero attached hydrogens (tertiary/aromatic N) is 4. The van der Waals surface area contributed by atoms with Crippen LogP contribution in [-0.2, 0) is 0 Å². The Morgan fingerprint density at radius 1 is 0.967 bits per heavy atom. The molecular formula is C23H24N6O.